The molecule has 2 N–H and O–H groups in total. The van der Waals surface area contributed by atoms with Crippen LogP contribution in [0.15, 0.2) is 23.2 Å². The van der Waals surface area contributed by atoms with Gasteiger partial charge in [-0.3, -0.25) is 4.99 Å². The largest absolute Gasteiger partial charge is 0.377 e. The molecule has 1 aromatic carbocycles. The zero-order valence-corrected chi connectivity index (χ0v) is 19.0. The van der Waals surface area contributed by atoms with Crippen molar-refractivity contribution in [2.75, 3.05) is 20.2 Å². The molecule has 3 rings (SSSR count). The summed E-state index contributed by atoms with van der Waals surface area (Å²) in [5.41, 5.74) is 0.455. The van der Waals surface area contributed by atoms with Gasteiger partial charge in [0.1, 0.15) is 24.1 Å². The monoisotopic (exact) mass is 520 g/mol. The normalized spacial score (nSPS) is 16.1. The Bertz CT molecular complexity index is 829. The van der Waals surface area contributed by atoms with Crippen molar-refractivity contribution < 1.29 is 13.5 Å². The summed E-state index contributed by atoms with van der Waals surface area (Å²) >= 11 is 0. The SMILES string of the molecule is CCNC(=NCCc1ccc(F)cc1F)NC1CCc2nc(COC)nn2C1.I. The molecule has 1 unspecified atom stereocenters. The lowest BCUT2D eigenvalue weighted by Gasteiger charge is -2.25. The third-order valence-corrected chi connectivity index (χ3v) is 4.53. The van der Waals surface area contributed by atoms with E-state index in [9.17, 15) is 8.78 Å². The third kappa shape index (κ3) is 6.59. The highest BCUT2D eigenvalue weighted by Gasteiger charge is 2.22. The Morgan fingerprint density at radius 2 is 2.21 bits per heavy atom. The number of halogens is 3. The number of nitrogens with one attached hydrogen (secondary N) is 2. The summed E-state index contributed by atoms with van der Waals surface area (Å²) < 4.78 is 33.8. The first-order valence-electron chi connectivity index (χ1n) is 9.49. The topological polar surface area (TPSA) is 76.4 Å². The van der Waals surface area contributed by atoms with Crippen molar-refractivity contribution in [3.05, 3.63) is 47.0 Å². The molecule has 29 heavy (non-hydrogen) atoms. The average Bonchev–Trinajstić information content (AvgIpc) is 3.05. The Balaban J connectivity index is 0.00000300. The van der Waals surface area contributed by atoms with Gasteiger partial charge in [0.25, 0.3) is 0 Å². The molecular formula is C19H27F2IN6O. The molecule has 0 aliphatic carbocycles. The van der Waals surface area contributed by atoms with Crippen LogP contribution in [0.4, 0.5) is 8.78 Å². The van der Waals surface area contributed by atoms with E-state index in [1.165, 1.54) is 12.1 Å². The summed E-state index contributed by atoms with van der Waals surface area (Å²) in [5.74, 6) is 1.23. The quantitative estimate of drug-likeness (QED) is 0.334. The van der Waals surface area contributed by atoms with Gasteiger partial charge >= 0.3 is 0 Å². The van der Waals surface area contributed by atoms with Crippen molar-refractivity contribution in [1.82, 2.24) is 25.4 Å². The Morgan fingerprint density at radius 3 is 2.93 bits per heavy atom. The molecule has 160 valence electrons. The molecule has 1 atom stereocenters. The lowest BCUT2D eigenvalue weighted by Crippen LogP contribution is -2.47. The second kappa shape index (κ2) is 11.4. The summed E-state index contributed by atoms with van der Waals surface area (Å²) in [5, 5.41) is 11.1. The maximum Gasteiger partial charge on any atom is 0.191 e. The van der Waals surface area contributed by atoms with Crippen molar-refractivity contribution in [3.63, 3.8) is 0 Å². The lowest BCUT2D eigenvalue weighted by molar-refractivity contribution is 0.177. The van der Waals surface area contributed by atoms with E-state index >= 15 is 0 Å². The van der Waals surface area contributed by atoms with Crippen molar-refractivity contribution in [2.24, 2.45) is 4.99 Å². The Labute approximate surface area is 186 Å². The van der Waals surface area contributed by atoms with Crippen LogP contribution in [0, 0.1) is 11.6 Å². The lowest BCUT2D eigenvalue weighted by atomic mass is 10.1. The van der Waals surface area contributed by atoms with E-state index in [4.69, 9.17) is 4.74 Å². The van der Waals surface area contributed by atoms with Crippen LogP contribution in [0.25, 0.3) is 0 Å². The number of aromatic nitrogens is 3. The van der Waals surface area contributed by atoms with Crippen molar-refractivity contribution in [2.45, 2.75) is 45.4 Å². The van der Waals surface area contributed by atoms with E-state index in [-0.39, 0.29) is 30.0 Å². The number of hydrogen-bond donors (Lipinski definition) is 2. The number of fused-ring (bicyclic) bond motifs is 1. The number of guanidine groups is 1. The zero-order chi connectivity index (χ0) is 19.9. The van der Waals surface area contributed by atoms with Gasteiger partial charge in [-0.2, -0.15) is 5.10 Å². The molecule has 10 heteroatoms. The maximum absolute atomic E-state index is 13.7. The first-order chi connectivity index (χ1) is 13.6. The number of aryl methyl sites for hydroxylation is 1. The van der Waals surface area contributed by atoms with Crippen LogP contribution >= 0.6 is 24.0 Å². The fourth-order valence-corrected chi connectivity index (χ4v) is 3.19. The number of aliphatic imine (C=N–C) groups is 1. The Kier molecular flexibility index (Phi) is 9.21. The number of hydrogen-bond acceptors (Lipinski definition) is 4. The minimum absolute atomic E-state index is 0. The third-order valence-electron chi connectivity index (χ3n) is 4.53. The molecule has 1 aromatic heterocycles. The van der Waals surface area contributed by atoms with Crippen molar-refractivity contribution in [3.8, 4) is 0 Å². The zero-order valence-electron chi connectivity index (χ0n) is 16.6. The molecule has 0 bridgehead atoms. The molecule has 1 aliphatic rings. The van der Waals surface area contributed by atoms with Gasteiger partial charge in [0.15, 0.2) is 11.8 Å². The van der Waals surface area contributed by atoms with Crippen LogP contribution in [0.5, 0.6) is 0 Å². The second-order valence-corrected chi connectivity index (χ2v) is 6.69. The molecule has 0 radical (unpaired) electrons. The standard InChI is InChI=1S/C19H26F2N6O.HI/c1-3-22-19(23-9-8-13-4-5-14(20)10-16(13)21)24-15-6-7-18-25-17(12-28-2)26-27(18)11-15;/h4-5,10,15H,3,6-9,11-12H2,1-2H3,(H2,22,23,24);1H. The van der Waals surface area contributed by atoms with E-state index in [0.717, 1.165) is 31.3 Å². The van der Waals surface area contributed by atoms with Crippen LogP contribution in [0.2, 0.25) is 0 Å². The highest BCUT2D eigenvalue weighted by atomic mass is 127. The molecule has 1 aliphatic heterocycles. The Morgan fingerprint density at radius 1 is 1.38 bits per heavy atom. The predicted molar refractivity (Wildman–Crippen MR) is 117 cm³/mol. The van der Waals surface area contributed by atoms with E-state index < -0.39 is 11.6 Å². The predicted octanol–water partition coefficient (Wildman–Crippen LogP) is 2.43. The van der Waals surface area contributed by atoms with Gasteiger partial charge in [0, 0.05) is 38.7 Å². The van der Waals surface area contributed by atoms with Crippen LogP contribution in [-0.2, 0) is 30.7 Å². The Hall–Kier alpha value is -1.82. The molecule has 7 nitrogen and oxygen atoms in total. The van der Waals surface area contributed by atoms with Gasteiger partial charge < -0.3 is 15.4 Å². The number of nitrogens with zero attached hydrogens (tertiary/aromatic N) is 4. The number of ether oxygens (including phenoxy) is 1. The van der Waals surface area contributed by atoms with Gasteiger partial charge in [0.05, 0.1) is 6.54 Å². The van der Waals surface area contributed by atoms with E-state index in [1.807, 2.05) is 11.6 Å². The van der Waals surface area contributed by atoms with Crippen LogP contribution in [0.3, 0.4) is 0 Å². The molecule has 0 saturated carbocycles. The summed E-state index contributed by atoms with van der Waals surface area (Å²) in [6, 6.07) is 3.80. The minimum atomic E-state index is -0.571. The van der Waals surface area contributed by atoms with E-state index in [2.05, 4.69) is 25.7 Å². The van der Waals surface area contributed by atoms with Crippen LogP contribution in [-0.4, -0.2) is 47.0 Å². The average molecular weight is 520 g/mol. The number of methoxy groups -OCH3 is 1. The second-order valence-electron chi connectivity index (χ2n) is 6.69. The first-order valence-corrected chi connectivity index (χ1v) is 9.49. The molecule has 0 spiro atoms. The summed E-state index contributed by atoms with van der Waals surface area (Å²) in [6.07, 6.45) is 2.15. The summed E-state index contributed by atoms with van der Waals surface area (Å²) in [6.45, 7) is 4.21. The van der Waals surface area contributed by atoms with Gasteiger partial charge in [0.2, 0.25) is 0 Å². The highest BCUT2D eigenvalue weighted by Crippen LogP contribution is 2.14. The fourth-order valence-electron chi connectivity index (χ4n) is 3.19. The van der Waals surface area contributed by atoms with Gasteiger partial charge in [-0.15, -0.1) is 24.0 Å². The smallest absolute Gasteiger partial charge is 0.191 e. The van der Waals surface area contributed by atoms with Crippen molar-refractivity contribution in [1.29, 1.82) is 0 Å². The highest BCUT2D eigenvalue weighted by molar-refractivity contribution is 14.0. The maximum atomic E-state index is 13.7. The summed E-state index contributed by atoms with van der Waals surface area (Å²) in [4.78, 5) is 9.00. The van der Waals surface area contributed by atoms with Gasteiger partial charge in [-0.25, -0.2) is 18.4 Å². The molecule has 0 fully saturated rings. The molecule has 2 heterocycles. The fraction of sp³-hybridized carbons (Fsp3) is 0.526. The first kappa shape index (κ1) is 23.5. The molecule has 0 amide bonds. The van der Waals surface area contributed by atoms with Gasteiger partial charge in [-0.1, -0.05) is 6.07 Å². The van der Waals surface area contributed by atoms with E-state index in [1.54, 1.807) is 7.11 Å². The number of benzene rings is 1. The molecular weight excluding hydrogens is 493 g/mol. The van der Waals surface area contributed by atoms with Crippen LogP contribution in [0.1, 0.15) is 30.6 Å². The minimum Gasteiger partial charge on any atom is -0.377 e. The molecule has 0 saturated heterocycles. The summed E-state index contributed by atoms with van der Waals surface area (Å²) in [7, 11) is 1.63. The van der Waals surface area contributed by atoms with Gasteiger partial charge in [-0.05, 0) is 31.4 Å². The van der Waals surface area contributed by atoms with E-state index in [0.29, 0.717) is 43.5 Å². The van der Waals surface area contributed by atoms with Crippen LogP contribution < -0.4 is 10.6 Å². The number of rotatable bonds is 7. The molecule has 2 aromatic rings. The van der Waals surface area contributed by atoms with Crippen molar-refractivity contribution >= 4 is 29.9 Å².